The van der Waals surface area contributed by atoms with Gasteiger partial charge in [-0.25, -0.2) is 4.39 Å². The average Bonchev–Trinajstić information content (AvgIpc) is 4.31. The van der Waals surface area contributed by atoms with Crippen LogP contribution in [0.5, 0.6) is 5.75 Å². The summed E-state index contributed by atoms with van der Waals surface area (Å²) in [4.78, 5) is 89.4. The van der Waals surface area contributed by atoms with Crippen molar-refractivity contribution in [1.29, 1.82) is 0 Å². The number of amides is 3. The van der Waals surface area contributed by atoms with Gasteiger partial charge in [-0.1, -0.05) is 0 Å². The zero-order valence-electron chi connectivity index (χ0n) is 45.7. The number of nitrogen functional groups attached to an aromatic ring is 1. The van der Waals surface area contributed by atoms with Crippen molar-refractivity contribution < 1.29 is 48.6 Å². The molecule has 0 spiro atoms. The minimum atomic E-state index is -0.783. The molecule has 80 heavy (non-hydrogen) atoms. The van der Waals surface area contributed by atoms with Crippen LogP contribution in [0.3, 0.4) is 0 Å². The molecule has 0 bridgehead atoms. The molecule has 4 atom stereocenters. The highest BCUT2D eigenvalue weighted by atomic mass is 19.1. The number of carboxylic acids is 1. The van der Waals surface area contributed by atoms with Gasteiger partial charge in [0.05, 0.1) is 38.4 Å². The van der Waals surface area contributed by atoms with Crippen molar-refractivity contribution in [3.05, 3.63) is 157 Å². The first kappa shape index (κ1) is 61.8. The number of carbonyl (C=O) groups excluding carboxylic acids is 3. The maximum absolute atomic E-state index is 12.1. The van der Waals surface area contributed by atoms with Gasteiger partial charge in [0.25, 0.3) is 17.1 Å². The van der Waals surface area contributed by atoms with Crippen molar-refractivity contribution in [3.63, 3.8) is 0 Å². The highest BCUT2D eigenvalue weighted by Crippen LogP contribution is 2.30. The van der Waals surface area contributed by atoms with Crippen LogP contribution in [-0.4, -0.2) is 158 Å². The zero-order chi connectivity index (χ0) is 58.8. The van der Waals surface area contributed by atoms with Gasteiger partial charge < -0.3 is 50.2 Å². The Hall–Kier alpha value is -9.09. The topological polar surface area (TPSA) is 287 Å². The highest BCUT2D eigenvalue weighted by molar-refractivity contribution is 5.81. The second kappa shape index (κ2) is 29.0. The van der Waals surface area contributed by atoms with Crippen molar-refractivity contribution >= 4 is 69.2 Å². The monoisotopic (exact) mass is 1110 g/mol. The minimum Gasteiger partial charge on any atom is -0.508 e. The van der Waals surface area contributed by atoms with Crippen LogP contribution in [0.25, 0.3) is 0 Å². The van der Waals surface area contributed by atoms with E-state index in [1.165, 1.54) is 24.3 Å². The molecule has 0 saturated carbocycles. The molecule has 23 nitrogen and oxygen atoms in total. The largest absolute Gasteiger partial charge is 0.508 e. The van der Waals surface area contributed by atoms with Crippen LogP contribution in [0.15, 0.2) is 121 Å². The molecule has 3 amide bonds. The van der Waals surface area contributed by atoms with Gasteiger partial charge in [0, 0.05) is 159 Å². The minimum absolute atomic E-state index is 0.0187. The molecular weight excluding hydrogens is 1040 g/mol. The number of nitro benzene ring substituents is 3. The summed E-state index contributed by atoms with van der Waals surface area (Å²) in [5.41, 5.74) is 10.4. The lowest BCUT2D eigenvalue weighted by Crippen LogP contribution is -2.31. The Balaban J connectivity index is 0.000000186. The van der Waals surface area contributed by atoms with Gasteiger partial charge in [0.1, 0.15) is 11.6 Å². The van der Waals surface area contributed by atoms with Crippen molar-refractivity contribution in [2.45, 2.75) is 25.7 Å². The third-order valence-electron chi connectivity index (χ3n) is 13.8. The number of hydrogen-bond acceptors (Lipinski definition) is 16. The molecule has 5 aromatic carbocycles. The molecule has 4 aliphatic rings. The fourth-order valence-corrected chi connectivity index (χ4v) is 9.36. The normalized spacial score (nSPS) is 17.9. The van der Waals surface area contributed by atoms with Crippen molar-refractivity contribution in [1.82, 2.24) is 14.7 Å². The Bertz CT molecular complexity index is 2800. The lowest BCUT2D eigenvalue weighted by atomic mass is 10.1. The summed E-state index contributed by atoms with van der Waals surface area (Å²) in [6.45, 7) is 6.03. The predicted molar refractivity (Wildman–Crippen MR) is 303 cm³/mol. The Kier molecular flexibility index (Phi) is 22.4. The summed E-state index contributed by atoms with van der Waals surface area (Å²) < 4.78 is 12.1. The number of aliphatic carboxylic acids is 1. The second-order valence-corrected chi connectivity index (χ2v) is 20.2. The van der Waals surface area contributed by atoms with E-state index >= 15 is 0 Å². The van der Waals surface area contributed by atoms with Gasteiger partial charge in [-0.05, 0) is 111 Å². The number of carboxylic acid groups (broad SMARTS) is 1. The summed E-state index contributed by atoms with van der Waals surface area (Å²) in [6.07, 6.45) is 3.28. The first-order chi connectivity index (χ1) is 37.9. The molecule has 0 aromatic heterocycles. The summed E-state index contributed by atoms with van der Waals surface area (Å²) in [6, 6.07) is 31.9. The van der Waals surface area contributed by atoms with Crippen LogP contribution in [0.2, 0.25) is 0 Å². The molecule has 428 valence electrons. The molecule has 0 unspecified atom stereocenters. The lowest BCUT2D eigenvalue weighted by molar-refractivity contribution is -0.385. The van der Waals surface area contributed by atoms with E-state index < -0.39 is 26.6 Å². The van der Waals surface area contributed by atoms with Crippen LogP contribution in [0.1, 0.15) is 25.7 Å². The smallest absolute Gasteiger partial charge is 0.308 e. The number of halogens is 1. The fraction of sp³-hybridized carbons (Fsp3) is 0.393. The number of phenols is 1. The summed E-state index contributed by atoms with van der Waals surface area (Å²) >= 11 is 0. The molecule has 5 aromatic rings. The van der Waals surface area contributed by atoms with Crippen molar-refractivity contribution in [2.24, 2.45) is 23.7 Å². The number of carbonyl (C=O) groups is 4. The molecule has 0 radical (unpaired) electrons. The van der Waals surface area contributed by atoms with E-state index in [9.17, 15) is 59.0 Å². The van der Waals surface area contributed by atoms with Crippen molar-refractivity contribution in [3.8, 4) is 5.75 Å². The summed E-state index contributed by atoms with van der Waals surface area (Å²) in [5.74, 6) is -0.510. The Morgan fingerprint density at radius 3 is 0.975 bits per heavy atom. The Morgan fingerprint density at radius 1 is 0.463 bits per heavy atom. The number of phenolic OH excluding ortho intramolecular Hbond substituents is 1. The van der Waals surface area contributed by atoms with Gasteiger partial charge in [-0.2, -0.15) is 0 Å². The van der Waals surface area contributed by atoms with E-state index in [4.69, 9.17) is 10.8 Å². The first-order valence-corrected chi connectivity index (χ1v) is 25.8. The van der Waals surface area contributed by atoms with E-state index in [-0.39, 0.29) is 64.2 Å². The van der Waals surface area contributed by atoms with Crippen LogP contribution in [0.4, 0.5) is 49.9 Å². The van der Waals surface area contributed by atoms with Crippen LogP contribution in [0, 0.1) is 59.8 Å². The summed E-state index contributed by atoms with van der Waals surface area (Å²) in [5, 5.41) is 49.2. The van der Waals surface area contributed by atoms with E-state index in [1.807, 2.05) is 55.4 Å². The second-order valence-electron chi connectivity index (χ2n) is 20.2. The number of aromatic hydroxyl groups is 1. The van der Waals surface area contributed by atoms with Crippen LogP contribution >= 0.6 is 0 Å². The van der Waals surface area contributed by atoms with Crippen molar-refractivity contribution in [2.75, 3.05) is 120 Å². The standard InChI is InChI=1S/C13H17N3O3.C13H19N3O.C13H18N2O2.C11H12N2O4.C6H4FNO2/c1-14(2)13(17)10-7-8-15(9-10)11-3-5-12(6-4-11)16(18)19;1-15(2)13(17)10-7-8-16(9-10)12-5-3-11(14)4-6-12;1-14(2)13(17)10-7-8-15(9-10)11-3-5-12(16)6-4-11;14-11(15)8-5-6-12(7-8)9-1-3-10(4-2-9)13(16)17;7-5-1-3-6(4-2-5)8(9)10/h3-6,10H,7-9H2,1-2H3;3-6,10H,7-9,14H2,1-2H3;3-6,10,16H,7-9H2,1-2H3;1-4,8H,5-7H2,(H,14,15);1-4H/t3*10-;8-;/m0000./s1. The fourth-order valence-electron chi connectivity index (χ4n) is 9.36. The molecule has 24 heteroatoms. The van der Waals surface area contributed by atoms with Gasteiger partial charge in [0.2, 0.25) is 17.7 Å². The van der Waals surface area contributed by atoms with Gasteiger partial charge in [-0.15, -0.1) is 0 Å². The van der Waals surface area contributed by atoms with E-state index in [1.54, 1.807) is 79.3 Å². The molecule has 4 heterocycles. The number of rotatable bonds is 11. The van der Waals surface area contributed by atoms with Crippen LogP contribution in [-0.2, 0) is 19.2 Å². The predicted octanol–water partition coefficient (Wildman–Crippen LogP) is 7.24. The number of benzene rings is 5. The Labute approximate surface area is 463 Å². The Morgan fingerprint density at radius 2 is 0.713 bits per heavy atom. The van der Waals surface area contributed by atoms with Gasteiger partial charge in [0.15, 0.2) is 0 Å². The number of nitrogens with two attached hydrogens (primary N) is 1. The maximum Gasteiger partial charge on any atom is 0.308 e. The number of nitro groups is 3. The quantitative estimate of drug-likeness (QED) is 0.0667. The van der Waals surface area contributed by atoms with E-state index in [0.29, 0.717) is 26.1 Å². The van der Waals surface area contributed by atoms with E-state index in [0.717, 1.165) is 105 Å². The van der Waals surface area contributed by atoms with E-state index in [2.05, 4.69) is 14.7 Å². The molecule has 4 fully saturated rings. The molecule has 4 N–H and O–H groups in total. The molecule has 0 aliphatic carbocycles. The molecule has 9 rings (SSSR count). The molecular formula is C56H70FN11O12. The third-order valence-corrected chi connectivity index (χ3v) is 13.8. The summed E-state index contributed by atoms with van der Waals surface area (Å²) in [7, 11) is 10.7. The number of nitrogens with zero attached hydrogens (tertiary/aromatic N) is 10. The number of non-ortho nitro benzene ring substituents is 3. The zero-order valence-corrected chi connectivity index (χ0v) is 45.7. The average molecular weight is 1110 g/mol. The first-order valence-electron chi connectivity index (χ1n) is 25.8. The highest BCUT2D eigenvalue weighted by Gasteiger charge is 2.32. The molecule has 4 aliphatic heterocycles. The molecule has 4 saturated heterocycles. The van der Waals surface area contributed by atoms with Gasteiger partial charge >= 0.3 is 5.97 Å². The van der Waals surface area contributed by atoms with Gasteiger partial charge in [-0.3, -0.25) is 49.5 Å². The van der Waals surface area contributed by atoms with Crippen LogP contribution < -0.4 is 25.3 Å². The third kappa shape index (κ3) is 18.0. The number of anilines is 5. The maximum atomic E-state index is 12.1. The lowest BCUT2D eigenvalue weighted by Gasteiger charge is -2.20. The number of hydrogen-bond donors (Lipinski definition) is 3. The SMILES string of the molecule is CN(C)C(=O)[C@H]1CCN(c2ccc(N)cc2)C1.CN(C)C(=O)[C@H]1CCN(c2ccc(O)cc2)C1.CN(C)C(=O)[C@H]1CCN(c2ccc([N+](=O)[O-])cc2)C1.O=C(O)[C@H]1CCN(c2ccc([N+](=O)[O-])cc2)C1.O=[N+]([O-])c1ccc(F)cc1.